The molecule has 34 heavy (non-hydrogen) atoms. The molecule has 2 saturated heterocycles. The van der Waals surface area contributed by atoms with Gasteiger partial charge in [0.15, 0.2) is 0 Å². The van der Waals surface area contributed by atoms with Crippen LogP contribution in [0.2, 0.25) is 0 Å². The molecular formula is C27H37N3O3S. The molecule has 6 nitrogen and oxygen atoms in total. The third-order valence-electron chi connectivity index (χ3n) is 7.19. The van der Waals surface area contributed by atoms with E-state index >= 15 is 0 Å². The average Bonchev–Trinajstić information content (AvgIpc) is 2.83. The number of benzene rings is 2. The van der Waals surface area contributed by atoms with Crippen molar-refractivity contribution in [2.75, 3.05) is 32.7 Å². The molecule has 1 amide bonds. The monoisotopic (exact) mass is 483 g/mol. The summed E-state index contributed by atoms with van der Waals surface area (Å²) in [5.74, 6) is 0.421. The Bertz CT molecular complexity index is 1080. The number of piperidine rings is 2. The van der Waals surface area contributed by atoms with Gasteiger partial charge in [-0.05, 0) is 69.2 Å². The van der Waals surface area contributed by atoms with E-state index in [2.05, 4.69) is 34.5 Å². The van der Waals surface area contributed by atoms with Gasteiger partial charge in [-0.15, -0.1) is 0 Å². The molecule has 2 fully saturated rings. The second kappa shape index (κ2) is 11.0. The highest BCUT2D eigenvalue weighted by atomic mass is 32.2. The fourth-order valence-electron chi connectivity index (χ4n) is 5.28. The lowest BCUT2D eigenvalue weighted by molar-refractivity contribution is -0.126. The predicted octanol–water partition coefficient (Wildman–Crippen LogP) is 3.73. The number of aryl methyl sites for hydroxylation is 2. The highest BCUT2D eigenvalue weighted by molar-refractivity contribution is 7.89. The van der Waals surface area contributed by atoms with Crippen LogP contribution in [0.25, 0.3) is 0 Å². The first-order chi connectivity index (χ1) is 16.3. The number of nitrogens with one attached hydrogen (secondary N) is 1. The topological polar surface area (TPSA) is 69.7 Å². The number of sulfonamides is 1. The first kappa shape index (κ1) is 24.9. The molecule has 2 aliphatic rings. The maximum absolute atomic E-state index is 13.1. The molecule has 0 spiro atoms. The van der Waals surface area contributed by atoms with Crippen molar-refractivity contribution < 1.29 is 13.2 Å². The van der Waals surface area contributed by atoms with Gasteiger partial charge in [0.25, 0.3) is 0 Å². The van der Waals surface area contributed by atoms with Gasteiger partial charge in [-0.1, -0.05) is 48.0 Å². The molecule has 1 N–H and O–H groups in total. The van der Waals surface area contributed by atoms with Crippen LogP contribution in [0, 0.1) is 25.7 Å². The number of hydrogen-bond donors (Lipinski definition) is 1. The lowest BCUT2D eigenvalue weighted by Crippen LogP contribution is -2.45. The Morgan fingerprint density at radius 3 is 2.44 bits per heavy atom. The van der Waals surface area contributed by atoms with E-state index in [4.69, 9.17) is 0 Å². The number of carbonyl (C=O) groups excluding carboxylic acids is 1. The first-order valence-corrected chi connectivity index (χ1v) is 13.9. The van der Waals surface area contributed by atoms with Crippen LogP contribution in [0.1, 0.15) is 42.4 Å². The molecule has 4 rings (SSSR count). The predicted molar refractivity (Wildman–Crippen MR) is 135 cm³/mol. The van der Waals surface area contributed by atoms with Gasteiger partial charge < -0.3 is 5.32 Å². The Labute approximate surface area is 204 Å². The minimum Gasteiger partial charge on any atom is -0.356 e. The molecule has 0 aromatic heterocycles. The van der Waals surface area contributed by atoms with E-state index in [0.717, 1.165) is 43.6 Å². The molecule has 0 aliphatic carbocycles. The average molecular weight is 484 g/mol. The van der Waals surface area contributed by atoms with Gasteiger partial charge in [0.2, 0.25) is 15.9 Å². The molecule has 2 aromatic rings. The standard InChI is InChI=1S/C27H37N3O3S/c1-21-10-11-26(22(2)17-21)34(32,33)30-15-12-25(13-16-30)27(31)28-18-24-9-6-14-29(20-24)19-23-7-4-3-5-8-23/h3-5,7-8,10-11,17,24-25H,6,9,12-16,18-20H2,1-2H3,(H,28,31). The summed E-state index contributed by atoms with van der Waals surface area (Å²) in [6, 6.07) is 16.0. The molecule has 2 heterocycles. The Hall–Kier alpha value is -2.22. The SMILES string of the molecule is Cc1ccc(S(=O)(=O)N2CCC(C(=O)NCC3CCCN(Cc4ccccc4)C3)CC2)c(C)c1. The zero-order valence-corrected chi connectivity index (χ0v) is 21.2. The van der Waals surface area contributed by atoms with Gasteiger partial charge in [-0.2, -0.15) is 4.31 Å². The minimum atomic E-state index is -3.52. The first-order valence-electron chi connectivity index (χ1n) is 12.4. The highest BCUT2D eigenvalue weighted by Crippen LogP contribution is 2.26. The van der Waals surface area contributed by atoms with Crippen LogP contribution in [0.5, 0.6) is 0 Å². The van der Waals surface area contributed by atoms with Crippen LogP contribution in [-0.4, -0.2) is 56.3 Å². The molecular weight excluding hydrogens is 446 g/mol. The molecule has 2 aliphatic heterocycles. The van der Waals surface area contributed by atoms with Crippen molar-refractivity contribution in [3.05, 3.63) is 65.2 Å². The van der Waals surface area contributed by atoms with E-state index in [-0.39, 0.29) is 11.8 Å². The fourth-order valence-corrected chi connectivity index (χ4v) is 6.95. The van der Waals surface area contributed by atoms with Crippen molar-refractivity contribution in [3.63, 3.8) is 0 Å². The number of amides is 1. The molecule has 0 radical (unpaired) electrons. The maximum Gasteiger partial charge on any atom is 0.243 e. The summed E-state index contributed by atoms with van der Waals surface area (Å²) in [7, 11) is -3.52. The van der Waals surface area contributed by atoms with Gasteiger partial charge in [0.1, 0.15) is 0 Å². The summed E-state index contributed by atoms with van der Waals surface area (Å²) in [6.07, 6.45) is 3.43. The Kier molecular flexibility index (Phi) is 8.06. The van der Waals surface area contributed by atoms with E-state index in [0.29, 0.717) is 43.3 Å². The van der Waals surface area contributed by atoms with Crippen molar-refractivity contribution in [1.29, 1.82) is 0 Å². The third-order valence-corrected chi connectivity index (χ3v) is 9.25. The quantitative estimate of drug-likeness (QED) is 0.652. The van der Waals surface area contributed by atoms with E-state index in [1.165, 1.54) is 9.87 Å². The minimum absolute atomic E-state index is 0.0729. The van der Waals surface area contributed by atoms with Crippen LogP contribution >= 0.6 is 0 Å². The lowest BCUT2D eigenvalue weighted by Gasteiger charge is -2.34. The molecule has 0 saturated carbocycles. The highest BCUT2D eigenvalue weighted by Gasteiger charge is 2.33. The Balaban J connectivity index is 1.24. The van der Waals surface area contributed by atoms with Gasteiger partial charge in [0, 0.05) is 38.6 Å². The lowest BCUT2D eigenvalue weighted by atomic mass is 9.95. The van der Waals surface area contributed by atoms with Crippen LogP contribution in [-0.2, 0) is 21.4 Å². The molecule has 0 bridgehead atoms. The van der Waals surface area contributed by atoms with Crippen LogP contribution in [0.3, 0.4) is 0 Å². The molecule has 184 valence electrons. The number of likely N-dealkylation sites (tertiary alicyclic amines) is 1. The number of nitrogens with zero attached hydrogens (tertiary/aromatic N) is 2. The largest absolute Gasteiger partial charge is 0.356 e. The van der Waals surface area contributed by atoms with E-state index in [1.54, 1.807) is 6.07 Å². The number of hydrogen-bond acceptors (Lipinski definition) is 4. The number of rotatable bonds is 7. The van der Waals surface area contributed by atoms with Crippen LogP contribution in [0.4, 0.5) is 0 Å². The van der Waals surface area contributed by atoms with Crippen molar-refractivity contribution in [1.82, 2.24) is 14.5 Å². The summed E-state index contributed by atoms with van der Waals surface area (Å²) >= 11 is 0. The van der Waals surface area contributed by atoms with E-state index in [1.807, 2.05) is 32.0 Å². The fraction of sp³-hybridized carbons (Fsp3) is 0.519. The Morgan fingerprint density at radius 2 is 1.74 bits per heavy atom. The van der Waals surface area contributed by atoms with Crippen molar-refractivity contribution >= 4 is 15.9 Å². The van der Waals surface area contributed by atoms with Crippen molar-refractivity contribution in [3.8, 4) is 0 Å². The zero-order valence-electron chi connectivity index (χ0n) is 20.4. The second-order valence-electron chi connectivity index (χ2n) is 9.92. The summed E-state index contributed by atoms with van der Waals surface area (Å²) in [6.45, 7) is 8.34. The number of carbonyl (C=O) groups is 1. The van der Waals surface area contributed by atoms with Gasteiger partial charge >= 0.3 is 0 Å². The van der Waals surface area contributed by atoms with E-state index < -0.39 is 10.0 Å². The zero-order chi connectivity index (χ0) is 24.1. The Morgan fingerprint density at radius 1 is 1.00 bits per heavy atom. The van der Waals surface area contributed by atoms with Gasteiger partial charge in [0.05, 0.1) is 4.90 Å². The molecule has 7 heteroatoms. The normalized spacial score (nSPS) is 20.8. The molecule has 1 atom stereocenters. The summed E-state index contributed by atoms with van der Waals surface area (Å²) in [4.78, 5) is 15.7. The van der Waals surface area contributed by atoms with Gasteiger partial charge in [-0.25, -0.2) is 8.42 Å². The van der Waals surface area contributed by atoms with Crippen LogP contribution < -0.4 is 5.32 Å². The molecule has 1 unspecified atom stereocenters. The van der Waals surface area contributed by atoms with Crippen LogP contribution in [0.15, 0.2) is 53.4 Å². The summed E-state index contributed by atoms with van der Waals surface area (Å²) in [5, 5.41) is 3.17. The third kappa shape index (κ3) is 6.06. The van der Waals surface area contributed by atoms with Crippen molar-refractivity contribution in [2.24, 2.45) is 11.8 Å². The van der Waals surface area contributed by atoms with Crippen molar-refractivity contribution in [2.45, 2.75) is 51.0 Å². The van der Waals surface area contributed by atoms with Gasteiger partial charge in [-0.3, -0.25) is 9.69 Å². The molecule has 2 aromatic carbocycles. The maximum atomic E-state index is 13.1. The summed E-state index contributed by atoms with van der Waals surface area (Å²) in [5.41, 5.74) is 3.15. The smallest absolute Gasteiger partial charge is 0.243 e. The summed E-state index contributed by atoms with van der Waals surface area (Å²) < 4.78 is 27.8. The second-order valence-corrected chi connectivity index (χ2v) is 11.8. The van der Waals surface area contributed by atoms with E-state index in [9.17, 15) is 13.2 Å².